The predicted octanol–water partition coefficient (Wildman–Crippen LogP) is 2.98. The number of amides is 2. The fourth-order valence-corrected chi connectivity index (χ4v) is 3.85. The summed E-state index contributed by atoms with van der Waals surface area (Å²) in [7, 11) is 0. The van der Waals surface area contributed by atoms with Crippen molar-refractivity contribution in [2.24, 2.45) is 5.92 Å². The molecule has 0 N–H and O–H groups in total. The average Bonchev–Trinajstić information content (AvgIpc) is 3.24. The number of carbonyl (C=O) groups is 4. The van der Waals surface area contributed by atoms with Gasteiger partial charge in [0, 0.05) is 18.8 Å². The molecule has 0 radical (unpaired) electrons. The monoisotopic (exact) mass is 407 g/mol. The summed E-state index contributed by atoms with van der Waals surface area (Å²) in [6.07, 6.45) is -0.162. The SMILES string of the molecule is C[C@H](CC(=O)OCC1c2ccccc2-c2ccccc21)C(=O)ON1C(=O)CCC1=O. The summed E-state index contributed by atoms with van der Waals surface area (Å²) in [5.41, 5.74) is 4.46. The highest BCUT2D eigenvalue weighted by atomic mass is 16.7. The summed E-state index contributed by atoms with van der Waals surface area (Å²) in [4.78, 5) is 52.4. The zero-order chi connectivity index (χ0) is 21.3. The van der Waals surface area contributed by atoms with Crippen LogP contribution in [0, 0.1) is 5.92 Å². The predicted molar refractivity (Wildman–Crippen MR) is 106 cm³/mol. The van der Waals surface area contributed by atoms with Crippen molar-refractivity contribution in [3.05, 3.63) is 59.7 Å². The van der Waals surface area contributed by atoms with Gasteiger partial charge in [0.05, 0.1) is 12.3 Å². The second-order valence-electron chi connectivity index (χ2n) is 7.51. The van der Waals surface area contributed by atoms with Gasteiger partial charge in [-0.1, -0.05) is 55.5 Å². The number of benzene rings is 2. The molecule has 0 spiro atoms. The number of carbonyl (C=O) groups excluding carboxylic acids is 4. The first-order chi connectivity index (χ1) is 14.5. The molecule has 1 heterocycles. The molecular formula is C23H21NO6. The number of esters is 1. The molecule has 30 heavy (non-hydrogen) atoms. The van der Waals surface area contributed by atoms with Crippen LogP contribution in [0.1, 0.15) is 43.2 Å². The van der Waals surface area contributed by atoms with Gasteiger partial charge in [-0.2, -0.15) is 0 Å². The standard InChI is InChI=1S/C23H21NO6/c1-14(23(28)30-24-20(25)10-11-21(24)26)12-22(27)29-13-19-17-8-4-2-6-15(17)16-7-3-5-9-18(16)19/h2-9,14,19H,10-13H2,1H3/t14-/m1/s1. The minimum absolute atomic E-state index is 0.0207. The van der Waals surface area contributed by atoms with E-state index in [4.69, 9.17) is 9.57 Å². The molecule has 154 valence electrons. The number of ether oxygens (including phenoxy) is 1. The minimum Gasteiger partial charge on any atom is -0.465 e. The zero-order valence-electron chi connectivity index (χ0n) is 16.5. The molecule has 0 aromatic heterocycles. The van der Waals surface area contributed by atoms with E-state index in [2.05, 4.69) is 12.1 Å². The Morgan fingerprint density at radius 3 is 2.07 bits per heavy atom. The van der Waals surface area contributed by atoms with Crippen LogP contribution in [-0.2, 0) is 28.8 Å². The van der Waals surface area contributed by atoms with Gasteiger partial charge in [0.1, 0.15) is 6.61 Å². The molecule has 7 heteroatoms. The molecule has 1 aliphatic carbocycles. The maximum atomic E-state index is 12.3. The van der Waals surface area contributed by atoms with Crippen molar-refractivity contribution in [3.8, 4) is 11.1 Å². The van der Waals surface area contributed by atoms with Gasteiger partial charge in [0.25, 0.3) is 11.8 Å². The molecule has 2 amide bonds. The van der Waals surface area contributed by atoms with Crippen LogP contribution in [0.2, 0.25) is 0 Å². The maximum absolute atomic E-state index is 12.3. The molecule has 0 bridgehead atoms. The molecule has 7 nitrogen and oxygen atoms in total. The van der Waals surface area contributed by atoms with Crippen molar-refractivity contribution in [2.45, 2.75) is 32.1 Å². The first kappa shape index (κ1) is 19.8. The lowest BCUT2D eigenvalue weighted by Gasteiger charge is -2.17. The summed E-state index contributed by atoms with van der Waals surface area (Å²) in [6, 6.07) is 16.0. The van der Waals surface area contributed by atoms with Crippen LogP contribution in [-0.4, -0.2) is 35.4 Å². The highest BCUT2D eigenvalue weighted by molar-refractivity contribution is 6.01. The Balaban J connectivity index is 1.35. The molecule has 2 aromatic rings. The van der Waals surface area contributed by atoms with Gasteiger partial charge in [-0.05, 0) is 22.3 Å². The summed E-state index contributed by atoms with van der Waals surface area (Å²) in [5.74, 6) is -3.37. The largest absolute Gasteiger partial charge is 0.465 e. The molecule has 1 fully saturated rings. The number of hydrogen-bond donors (Lipinski definition) is 0. The molecule has 4 rings (SSSR count). The van der Waals surface area contributed by atoms with E-state index in [0.29, 0.717) is 5.06 Å². The Hall–Kier alpha value is -3.48. The van der Waals surface area contributed by atoms with E-state index in [1.54, 1.807) is 0 Å². The molecular weight excluding hydrogens is 386 g/mol. The van der Waals surface area contributed by atoms with Crippen LogP contribution in [0.15, 0.2) is 48.5 Å². The summed E-state index contributed by atoms with van der Waals surface area (Å²) in [6.45, 7) is 1.66. The van der Waals surface area contributed by atoms with Gasteiger partial charge >= 0.3 is 11.9 Å². The molecule has 1 saturated heterocycles. The topological polar surface area (TPSA) is 90.0 Å². The third kappa shape index (κ3) is 3.70. The lowest BCUT2D eigenvalue weighted by molar-refractivity contribution is -0.200. The van der Waals surface area contributed by atoms with E-state index in [0.717, 1.165) is 22.3 Å². The fraction of sp³-hybridized carbons (Fsp3) is 0.304. The van der Waals surface area contributed by atoms with Crippen LogP contribution < -0.4 is 0 Å². The minimum atomic E-state index is -0.846. The number of imide groups is 1. The number of fused-ring (bicyclic) bond motifs is 3. The van der Waals surface area contributed by atoms with Gasteiger partial charge in [-0.15, -0.1) is 5.06 Å². The quantitative estimate of drug-likeness (QED) is 0.540. The molecule has 1 aliphatic heterocycles. The van der Waals surface area contributed by atoms with Crippen LogP contribution >= 0.6 is 0 Å². The van der Waals surface area contributed by atoms with Gasteiger partial charge < -0.3 is 9.57 Å². The van der Waals surface area contributed by atoms with Crippen LogP contribution in [0.25, 0.3) is 11.1 Å². The zero-order valence-corrected chi connectivity index (χ0v) is 16.5. The summed E-state index contributed by atoms with van der Waals surface area (Å²) in [5, 5.41) is 0.483. The second-order valence-corrected chi connectivity index (χ2v) is 7.51. The van der Waals surface area contributed by atoms with Crippen LogP contribution in [0.5, 0.6) is 0 Å². The van der Waals surface area contributed by atoms with E-state index < -0.39 is 29.7 Å². The fourth-order valence-electron chi connectivity index (χ4n) is 3.85. The lowest BCUT2D eigenvalue weighted by atomic mass is 9.98. The van der Waals surface area contributed by atoms with E-state index in [9.17, 15) is 19.2 Å². The second kappa shape index (κ2) is 8.10. The van der Waals surface area contributed by atoms with Gasteiger partial charge in [-0.25, -0.2) is 4.79 Å². The molecule has 1 atom stereocenters. The Morgan fingerprint density at radius 1 is 0.967 bits per heavy atom. The van der Waals surface area contributed by atoms with E-state index in [-0.39, 0.29) is 31.8 Å². The summed E-state index contributed by atoms with van der Waals surface area (Å²) < 4.78 is 5.48. The Morgan fingerprint density at radius 2 is 1.50 bits per heavy atom. The average molecular weight is 407 g/mol. The van der Waals surface area contributed by atoms with Gasteiger partial charge in [0.2, 0.25) is 0 Å². The molecule has 2 aromatic carbocycles. The lowest BCUT2D eigenvalue weighted by Crippen LogP contribution is -2.34. The normalized spacial score (nSPS) is 16.2. The van der Waals surface area contributed by atoms with Crippen molar-refractivity contribution in [2.75, 3.05) is 6.61 Å². The third-order valence-electron chi connectivity index (χ3n) is 5.44. The molecule has 2 aliphatic rings. The van der Waals surface area contributed by atoms with Crippen molar-refractivity contribution in [3.63, 3.8) is 0 Å². The maximum Gasteiger partial charge on any atom is 0.336 e. The summed E-state index contributed by atoms with van der Waals surface area (Å²) >= 11 is 0. The van der Waals surface area contributed by atoms with Crippen LogP contribution in [0.4, 0.5) is 0 Å². The number of hydrogen-bond acceptors (Lipinski definition) is 6. The number of hydroxylamine groups is 2. The van der Waals surface area contributed by atoms with E-state index >= 15 is 0 Å². The van der Waals surface area contributed by atoms with Crippen molar-refractivity contribution < 1.29 is 28.8 Å². The van der Waals surface area contributed by atoms with Crippen molar-refractivity contribution in [1.82, 2.24) is 5.06 Å². The molecule has 0 unspecified atom stereocenters. The third-order valence-corrected chi connectivity index (χ3v) is 5.44. The highest BCUT2D eigenvalue weighted by Gasteiger charge is 2.35. The Bertz CT molecular complexity index is 968. The molecule has 0 saturated carbocycles. The Kier molecular flexibility index (Phi) is 5.35. The smallest absolute Gasteiger partial charge is 0.336 e. The first-order valence-corrected chi connectivity index (χ1v) is 9.87. The Labute approximate surface area is 173 Å². The van der Waals surface area contributed by atoms with Crippen molar-refractivity contribution >= 4 is 23.8 Å². The van der Waals surface area contributed by atoms with E-state index in [1.807, 2.05) is 36.4 Å². The highest BCUT2D eigenvalue weighted by Crippen LogP contribution is 2.44. The number of rotatable bonds is 6. The van der Waals surface area contributed by atoms with E-state index in [1.165, 1.54) is 6.92 Å². The van der Waals surface area contributed by atoms with Crippen LogP contribution in [0.3, 0.4) is 0 Å². The van der Waals surface area contributed by atoms with Gasteiger partial charge in [0.15, 0.2) is 0 Å². The van der Waals surface area contributed by atoms with Gasteiger partial charge in [-0.3, -0.25) is 14.4 Å². The first-order valence-electron chi connectivity index (χ1n) is 9.87. The number of nitrogens with zero attached hydrogens (tertiary/aromatic N) is 1. The van der Waals surface area contributed by atoms with Crippen molar-refractivity contribution in [1.29, 1.82) is 0 Å².